The zero-order chi connectivity index (χ0) is 21.1. The minimum absolute atomic E-state index is 0.107. The normalized spacial score (nSPS) is 11.6. The molecule has 1 aromatic heterocycles. The predicted octanol–water partition coefficient (Wildman–Crippen LogP) is 3.40. The van der Waals surface area contributed by atoms with Crippen molar-refractivity contribution in [3.8, 4) is 0 Å². The highest BCUT2D eigenvalue weighted by atomic mass is 32.1. The van der Waals surface area contributed by atoms with E-state index in [0.717, 1.165) is 23.5 Å². The SMILES string of the molecule is O=C(Nc1nccs1)c1cc(NC(=O)C(F)(F)F)cc(NC(=O)C(F)(F)F)c1. The number of hydrogen-bond donors (Lipinski definition) is 3. The first-order valence-corrected chi connectivity index (χ1v) is 7.86. The van der Waals surface area contributed by atoms with Gasteiger partial charge < -0.3 is 10.6 Å². The number of anilines is 3. The van der Waals surface area contributed by atoms with E-state index in [-0.39, 0.29) is 5.13 Å². The first kappa shape index (κ1) is 21.1. The lowest BCUT2D eigenvalue weighted by atomic mass is 10.1. The van der Waals surface area contributed by atoms with E-state index >= 15 is 0 Å². The van der Waals surface area contributed by atoms with Crippen LogP contribution in [0.4, 0.5) is 42.8 Å². The largest absolute Gasteiger partial charge is 0.471 e. The number of thiazole rings is 1. The number of nitrogens with zero attached hydrogens (tertiary/aromatic N) is 1. The Hall–Kier alpha value is -3.16. The number of hydrogen-bond acceptors (Lipinski definition) is 5. The molecule has 150 valence electrons. The summed E-state index contributed by atoms with van der Waals surface area (Å²) in [6.45, 7) is 0. The van der Waals surface area contributed by atoms with Crippen molar-refractivity contribution in [1.29, 1.82) is 0 Å². The summed E-state index contributed by atoms with van der Waals surface area (Å²) < 4.78 is 74.4. The lowest BCUT2D eigenvalue weighted by molar-refractivity contribution is -0.167. The molecule has 1 heterocycles. The van der Waals surface area contributed by atoms with Crippen LogP contribution in [0.25, 0.3) is 0 Å². The predicted molar refractivity (Wildman–Crippen MR) is 85.9 cm³/mol. The Labute approximate surface area is 155 Å². The lowest BCUT2D eigenvalue weighted by Crippen LogP contribution is -2.31. The fourth-order valence-electron chi connectivity index (χ4n) is 1.76. The Balaban J connectivity index is 2.35. The molecule has 3 N–H and O–H groups in total. The topological polar surface area (TPSA) is 100 Å². The number of rotatable bonds is 4. The third-order valence-corrected chi connectivity index (χ3v) is 3.57. The lowest BCUT2D eigenvalue weighted by Gasteiger charge is -2.13. The molecule has 1 aromatic carbocycles. The Morgan fingerprint density at radius 2 is 1.32 bits per heavy atom. The second kappa shape index (κ2) is 7.84. The van der Waals surface area contributed by atoms with Gasteiger partial charge in [0.2, 0.25) is 0 Å². The van der Waals surface area contributed by atoms with Gasteiger partial charge in [-0.05, 0) is 18.2 Å². The van der Waals surface area contributed by atoms with Crippen molar-refractivity contribution in [2.45, 2.75) is 12.4 Å². The van der Waals surface area contributed by atoms with Crippen LogP contribution < -0.4 is 16.0 Å². The average molecular weight is 426 g/mol. The molecule has 14 heteroatoms. The number of carbonyl (C=O) groups excluding carboxylic acids is 3. The van der Waals surface area contributed by atoms with Gasteiger partial charge in [-0.3, -0.25) is 19.7 Å². The summed E-state index contributed by atoms with van der Waals surface area (Å²) in [7, 11) is 0. The summed E-state index contributed by atoms with van der Waals surface area (Å²) in [5, 5.41) is 6.67. The molecule has 0 radical (unpaired) electrons. The van der Waals surface area contributed by atoms with Crippen LogP contribution in [0.3, 0.4) is 0 Å². The number of amides is 3. The van der Waals surface area contributed by atoms with Gasteiger partial charge in [-0.1, -0.05) is 0 Å². The van der Waals surface area contributed by atoms with E-state index in [4.69, 9.17) is 0 Å². The number of aromatic nitrogens is 1. The second-order valence-corrected chi connectivity index (χ2v) is 5.89. The van der Waals surface area contributed by atoms with Crippen LogP contribution in [0.2, 0.25) is 0 Å². The molecule has 0 atom stereocenters. The molecule has 0 aliphatic heterocycles. The molecule has 3 amide bonds. The van der Waals surface area contributed by atoms with Gasteiger partial charge in [-0.15, -0.1) is 11.3 Å². The zero-order valence-corrected chi connectivity index (χ0v) is 14.1. The van der Waals surface area contributed by atoms with Crippen LogP contribution >= 0.6 is 11.3 Å². The first-order chi connectivity index (χ1) is 12.9. The van der Waals surface area contributed by atoms with Gasteiger partial charge in [0.1, 0.15) is 0 Å². The minimum atomic E-state index is -5.28. The van der Waals surface area contributed by atoms with Crippen LogP contribution in [0.1, 0.15) is 10.4 Å². The summed E-state index contributed by atoms with van der Waals surface area (Å²) >= 11 is 1.00. The van der Waals surface area contributed by atoms with Crippen LogP contribution in [0, 0.1) is 0 Å². The molecule has 0 spiro atoms. The van der Waals surface area contributed by atoms with Crippen LogP contribution in [0.5, 0.6) is 0 Å². The third kappa shape index (κ3) is 5.67. The van der Waals surface area contributed by atoms with Gasteiger partial charge in [-0.25, -0.2) is 4.98 Å². The smallest absolute Gasteiger partial charge is 0.318 e. The van der Waals surface area contributed by atoms with E-state index < -0.39 is 47.0 Å². The summed E-state index contributed by atoms with van der Waals surface area (Å²) in [5.41, 5.74) is -1.76. The Morgan fingerprint density at radius 3 is 1.71 bits per heavy atom. The monoisotopic (exact) mass is 426 g/mol. The number of carbonyl (C=O) groups is 3. The average Bonchev–Trinajstić information content (AvgIpc) is 3.05. The highest BCUT2D eigenvalue weighted by Gasteiger charge is 2.40. The first-order valence-electron chi connectivity index (χ1n) is 6.98. The summed E-state index contributed by atoms with van der Waals surface area (Å²) in [6.07, 6.45) is -9.22. The Morgan fingerprint density at radius 1 is 0.821 bits per heavy atom. The second-order valence-electron chi connectivity index (χ2n) is 4.99. The van der Waals surface area contributed by atoms with Crippen molar-refractivity contribution in [2.75, 3.05) is 16.0 Å². The van der Waals surface area contributed by atoms with Crippen molar-refractivity contribution in [3.05, 3.63) is 35.3 Å². The quantitative estimate of drug-likeness (QED) is 0.653. The Kier molecular flexibility index (Phi) is 5.92. The van der Waals surface area contributed by atoms with Gasteiger partial charge in [-0.2, -0.15) is 26.3 Å². The molecule has 0 fully saturated rings. The van der Waals surface area contributed by atoms with E-state index in [0.29, 0.717) is 6.07 Å². The Bertz CT molecular complexity index is 849. The van der Waals surface area contributed by atoms with Crippen molar-refractivity contribution in [2.24, 2.45) is 0 Å². The molecule has 0 bridgehead atoms. The van der Waals surface area contributed by atoms with Gasteiger partial charge >= 0.3 is 24.2 Å². The number of benzene rings is 1. The standard InChI is InChI=1S/C14H8F6N4O3S/c15-13(16,17)10(26)22-7-3-6(9(25)24-12-21-1-2-28-12)4-8(5-7)23-11(27)14(18,19)20/h1-5H,(H,22,26)(H,23,27)(H,21,24,25). The summed E-state index contributed by atoms with van der Waals surface area (Å²) in [5.74, 6) is -5.78. The van der Waals surface area contributed by atoms with Gasteiger partial charge in [0, 0.05) is 28.5 Å². The highest BCUT2D eigenvalue weighted by Crippen LogP contribution is 2.25. The highest BCUT2D eigenvalue weighted by molar-refractivity contribution is 7.13. The third-order valence-electron chi connectivity index (χ3n) is 2.88. The molecule has 7 nitrogen and oxygen atoms in total. The van der Waals surface area contributed by atoms with Crippen molar-refractivity contribution in [1.82, 2.24) is 4.98 Å². The summed E-state index contributed by atoms with van der Waals surface area (Å²) in [4.78, 5) is 38.0. The fraction of sp³-hybridized carbons (Fsp3) is 0.143. The number of halogens is 6. The maximum atomic E-state index is 12.4. The molecule has 0 unspecified atom stereocenters. The van der Waals surface area contributed by atoms with E-state index in [2.05, 4.69) is 10.3 Å². The minimum Gasteiger partial charge on any atom is -0.318 e. The van der Waals surface area contributed by atoms with Crippen LogP contribution in [-0.2, 0) is 9.59 Å². The molecule has 28 heavy (non-hydrogen) atoms. The summed E-state index contributed by atoms with van der Waals surface area (Å²) in [6, 6.07) is 2.21. The molecule has 0 saturated heterocycles. The number of alkyl halides is 6. The van der Waals surface area contributed by atoms with Gasteiger partial charge in [0.05, 0.1) is 0 Å². The van der Waals surface area contributed by atoms with Crippen molar-refractivity contribution < 1.29 is 40.7 Å². The van der Waals surface area contributed by atoms with Crippen LogP contribution in [-0.4, -0.2) is 35.1 Å². The van der Waals surface area contributed by atoms with Crippen LogP contribution in [0.15, 0.2) is 29.8 Å². The maximum Gasteiger partial charge on any atom is 0.471 e. The molecule has 2 rings (SSSR count). The van der Waals surface area contributed by atoms with Gasteiger partial charge in [0.15, 0.2) is 5.13 Å². The number of nitrogens with one attached hydrogen (secondary N) is 3. The van der Waals surface area contributed by atoms with E-state index in [9.17, 15) is 40.7 Å². The molecule has 0 saturated carbocycles. The van der Waals surface area contributed by atoms with E-state index in [1.165, 1.54) is 22.2 Å². The zero-order valence-electron chi connectivity index (χ0n) is 13.2. The van der Waals surface area contributed by atoms with E-state index in [1.807, 2.05) is 0 Å². The molecule has 0 aliphatic carbocycles. The maximum absolute atomic E-state index is 12.4. The van der Waals surface area contributed by atoms with Crippen molar-refractivity contribution >= 4 is 45.6 Å². The molecule has 0 aliphatic rings. The van der Waals surface area contributed by atoms with Gasteiger partial charge in [0.25, 0.3) is 5.91 Å². The molecular weight excluding hydrogens is 418 g/mol. The molecule has 2 aromatic rings. The fourth-order valence-corrected chi connectivity index (χ4v) is 2.29. The molecular formula is C14H8F6N4O3S. The van der Waals surface area contributed by atoms with Crippen molar-refractivity contribution in [3.63, 3.8) is 0 Å². The van der Waals surface area contributed by atoms with E-state index in [1.54, 1.807) is 0 Å².